The molecule has 7 heteroatoms. The molecule has 0 aliphatic carbocycles. The summed E-state index contributed by atoms with van der Waals surface area (Å²) in [6, 6.07) is 12.8. The largest absolute Gasteiger partial charge is 0.479 e. The third-order valence-electron chi connectivity index (χ3n) is 4.19. The number of carboxylic acids is 1. The SMILES string of the molecule is Cc1ccc(N=C2NC(=O)/C(=C\c3cccc(OC(C)C(=O)O)c3)S2)cc1C. The number of hydrogen-bond donors (Lipinski definition) is 2. The van der Waals surface area contributed by atoms with Crippen LogP contribution in [-0.4, -0.2) is 28.3 Å². The molecule has 1 atom stereocenters. The van der Waals surface area contributed by atoms with Gasteiger partial charge in [-0.25, -0.2) is 9.79 Å². The van der Waals surface area contributed by atoms with Crippen LogP contribution in [0.3, 0.4) is 0 Å². The first-order valence-corrected chi connectivity index (χ1v) is 9.50. The molecule has 28 heavy (non-hydrogen) atoms. The molecule has 2 aromatic rings. The summed E-state index contributed by atoms with van der Waals surface area (Å²) in [5.74, 6) is -0.837. The van der Waals surface area contributed by atoms with E-state index in [0.717, 1.165) is 16.8 Å². The molecule has 6 nitrogen and oxygen atoms in total. The van der Waals surface area contributed by atoms with Gasteiger partial charge in [-0.3, -0.25) is 4.79 Å². The van der Waals surface area contributed by atoms with Gasteiger partial charge in [-0.2, -0.15) is 0 Å². The van der Waals surface area contributed by atoms with E-state index in [0.29, 0.717) is 15.8 Å². The number of rotatable bonds is 5. The number of nitrogens with zero attached hydrogens (tertiary/aromatic N) is 1. The second-order valence-electron chi connectivity index (χ2n) is 6.42. The van der Waals surface area contributed by atoms with Crippen LogP contribution in [0.2, 0.25) is 0 Å². The zero-order valence-corrected chi connectivity index (χ0v) is 16.5. The van der Waals surface area contributed by atoms with E-state index in [1.807, 2.05) is 38.1 Å². The lowest BCUT2D eigenvalue weighted by atomic mass is 10.1. The highest BCUT2D eigenvalue weighted by Crippen LogP contribution is 2.29. The van der Waals surface area contributed by atoms with Crippen LogP contribution >= 0.6 is 11.8 Å². The highest BCUT2D eigenvalue weighted by atomic mass is 32.2. The second kappa shape index (κ2) is 8.31. The first-order chi connectivity index (χ1) is 13.3. The fourth-order valence-corrected chi connectivity index (χ4v) is 3.32. The fourth-order valence-electron chi connectivity index (χ4n) is 2.48. The Morgan fingerprint density at radius 2 is 2.00 bits per heavy atom. The minimum Gasteiger partial charge on any atom is -0.479 e. The topological polar surface area (TPSA) is 88.0 Å². The summed E-state index contributed by atoms with van der Waals surface area (Å²) in [5.41, 5.74) is 3.84. The number of amidine groups is 1. The van der Waals surface area contributed by atoms with E-state index in [4.69, 9.17) is 9.84 Å². The number of benzene rings is 2. The average molecular weight is 396 g/mol. The lowest BCUT2D eigenvalue weighted by Crippen LogP contribution is -2.22. The van der Waals surface area contributed by atoms with E-state index in [1.54, 1.807) is 24.3 Å². The summed E-state index contributed by atoms with van der Waals surface area (Å²) < 4.78 is 5.37. The summed E-state index contributed by atoms with van der Waals surface area (Å²) in [5, 5.41) is 12.2. The van der Waals surface area contributed by atoms with Crippen molar-refractivity contribution in [1.82, 2.24) is 5.32 Å². The molecule has 0 aromatic heterocycles. The Labute approximate surface area is 167 Å². The quantitative estimate of drug-likeness (QED) is 0.745. The summed E-state index contributed by atoms with van der Waals surface area (Å²) in [6.07, 6.45) is 0.769. The van der Waals surface area contributed by atoms with Gasteiger partial charge in [0.25, 0.3) is 5.91 Å². The van der Waals surface area contributed by atoms with Gasteiger partial charge < -0.3 is 15.2 Å². The minimum atomic E-state index is -1.04. The van der Waals surface area contributed by atoms with Crippen molar-refractivity contribution in [2.24, 2.45) is 4.99 Å². The molecule has 3 rings (SSSR count). The first kappa shape index (κ1) is 19.7. The van der Waals surface area contributed by atoms with Crippen LogP contribution in [0.1, 0.15) is 23.6 Å². The van der Waals surface area contributed by atoms with Crippen LogP contribution in [0.25, 0.3) is 6.08 Å². The van der Waals surface area contributed by atoms with Gasteiger partial charge in [0, 0.05) is 0 Å². The van der Waals surface area contributed by atoms with E-state index < -0.39 is 12.1 Å². The highest BCUT2D eigenvalue weighted by molar-refractivity contribution is 8.18. The molecule has 0 spiro atoms. The Morgan fingerprint density at radius 1 is 1.21 bits per heavy atom. The lowest BCUT2D eigenvalue weighted by molar-refractivity contribution is -0.144. The number of carboxylic acid groups (broad SMARTS) is 1. The second-order valence-corrected chi connectivity index (χ2v) is 7.45. The lowest BCUT2D eigenvalue weighted by Gasteiger charge is -2.10. The number of aryl methyl sites for hydroxylation is 2. The third kappa shape index (κ3) is 4.80. The average Bonchev–Trinajstić information content (AvgIpc) is 2.97. The van der Waals surface area contributed by atoms with E-state index >= 15 is 0 Å². The van der Waals surface area contributed by atoms with Gasteiger partial charge in [-0.05, 0) is 79.6 Å². The molecule has 1 heterocycles. The zero-order valence-electron chi connectivity index (χ0n) is 15.7. The van der Waals surface area contributed by atoms with Crippen molar-refractivity contribution in [2.45, 2.75) is 26.9 Å². The van der Waals surface area contributed by atoms with Gasteiger partial charge in [0.05, 0.1) is 10.6 Å². The smallest absolute Gasteiger partial charge is 0.344 e. The van der Waals surface area contributed by atoms with Gasteiger partial charge in [0.15, 0.2) is 11.3 Å². The summed E-state index contributed by atoms with van der Waals surface area (Å²) >= 11 is 1.26. The van der Waals surface area contributed by atoms with Gasteiger partial charge in [0.2, 0.25) is 0 Å². The molecule has 2 N–H and O–H groups in total. The molecule has 144 valence electrons. The zero-order chi connectivity index (χ0) is 20.3. The maximum Gasteiger partial charge on any atom is 0.344 e. The maximum atomic E-state index is 12.3. The number of aliphatic carboxylic acids is 1. The van der Waals surface area contributed by atoms with Crippen molar-refractivity contribution in [2.75, 3.05) is 0 Å². The summed E-state index contributed by atoms with van der Waals surface area (Å²) in [4.78, 5) is 28.2. The molecular weight excluding hydrogens is 376 g/mol. The predicted molar refractivity (Wildman–Crippen MR) is 111 cm³/mol. The molecule has 1 amide bonds. The molecule has 0 bridgehead atoms. The number of nitrogens with one attached hydrogen (secondary N) is 1. The fraction of sp³-hybridized carbons (Fsp3) is 0.190. The third-order valence-corrected chi connectivity index (χ3v) is 5.10. The van der Waals surface area contributed by atoms with Gasteiger partial charge in [0.1, 0.15) is 5.75 Å². The normalized spacial score (nSPS) is 17.6. The monoisotopic (exact) mass is 396 g/mol. The van der Waals surface area contributed by atoms with E-state index in [-0.39, 0.29) is 5.91 Å². The molecular formula is C21H20N2O4S. The van der Waals surface area contributed by atoms with Crippen LogP contribution in [0.5, 0.6) is 5.75 Å². The van der Waals surface area contributed by atoms with Crippen LogP contribution in [-0.2, 0) is 9.59 Å². The Bertz CT molecular complexity index is 998. The standard InChI is InChI=1S/C21H20N2O4S/c1-12-7-8-16(9-13(12)2)22-21-23-19(24)18(28-21)11-15-5-4-6-17(10-15)27-14(3)20(25)26/h4-11,14H,1-3H3,(H,25,26)(H,22,23,24)/b18-11+. The number of carbonyl (C=O) groups excluding carboxylic acids is 1. The number of ether oxygens (including phenoxy) is 1. The summed E-state index contributed by atoms with van der Waals surface area (Å²) in [6.45, 7) is 5.52. The van der Waals surface area contributed by atoms with Gasteiger partial charge in [-0.15, -0.1) is 0 Å². The molecule has 1 aliphatic heterocycles. The minimum absolute atomic E-state index is 0.224. The van der Waals surface area contributed by atoms with E-state index in [1.165, 1.54) is 24.2 Å². The number of hydrogen-bond acceptors (Lipinski definition) is 5. The van der Waals surface area contributed by atoms with Crippen LogP contribution < -0.4 is 10.1 Å². The van der Waals surface area contributed by atoms with Crippen LogP contribution in [0.15, 0.2) is 52.4 Å². The highest BCUT2D eigenvalue weighted by Gasteiger charge is 2.24. The molecule has 1 fully saturated rings. The Morgan fingerprint density at radius 3 is 2.71 bits per heavy atom. The number of aliphatic imine (C=N–C) groups is 1. The number of amides is 1. The van der Waals surface area contributed by atoms with Crippen molar-refractivity contribution < 1.29 is 19.4 Å². The van der Waals surface area contributed by atoms with Gasteiger partial charge in [-0.1, -0.05) is 18.2 Å². The Hall–Kier alpha value is -3.06. The van der Waals surface area contributed by atoms with Crippen molar-refractivity contribution in [3.63, 3.8) is 0 Å². The van der Waals surface area contributed by atoms with Crippen molar-refractivity contribution in [1.29, 1.82) is 0 Å². The maximum absolute atomic E-state index is 12.3. The number of carbonyl (C=O) groups is 2. The molecule has 2 aromatic carbocycles. The van der Waals surface area contributed by atoms with Crippen molar-refractivity contribution in [3.05, 3.63) is 64.1 Å². The van der Waals surface area contributed by atoms with Crippen LogP contribution in [0, 0.1) is 13.8 Å². The first-order valence-electron chi connectivity index (χ1n) is 8.68. The predicted octanol–water partition coefficient (Wildman–Crippen LogP) is 4.05. The molecule has 0 radical (unpaired) electrons. The van der Waals surface area contributed by atoms with Crippen molar-refractivity contribution in [3.8, 4) is 5.75 Å². The Balaban J connectivity index is 1.78. The molecule has 1 aliphatic rings. The van der Waals surface area contributed by atoms with Crippen molar-refractivity contribution >= 4 is 40.6 Å². The Kier molecular flexibility index (Phi) is 5.84. The van der Waals surface area contributed by atoms with E-state index in [2.05, 4.69) is 10.3 Å². The van der Waals surface area contributed by atoms with E-state index in [9.17, 15) is 9.59 Å². The molecule has 1 saturated heterocycles. The van der Waals surface area contributed by atoms with Crippen LogP contribution in [0.4, 0.5) is 5.69 Å². The van der Waals surface area contributed by atoms with Gasteiger partial charge >= 0.3 is 5.97 Å². The number of thioether (sulfide) groups is 1. The molecule has 1 unspecified atom stereocenters. The molecule has 0 saturated carbocycles. The summed E-state index contributed by atoms with van der Waals surface area (Å²) in [7, 11) is 0.